The zero-order valence-corrected chi connectivity index (χ0v) is 12.2. The molecule has 3 nitrogen and oxygen atoms in total. The van der Waals surface area contributed by atoms with Crippen molar-refractivity contribution in [2.75, 3.05) is 0 Å². The minimum absolute atomic E-state index is 0.635. The molecule has 3 aromatic rings. The summed E-state index contributed by atoms with van der Waals surface area (Å²) in [7, 11) is 0. The number of aryl methyl sites for hydroxylation is 1. The Balaban J connectivity index is 2.00. The molecule has 0 unspecified atom stereocenters. The molecule has 0 aliphatic rings. The van der Waals surface area contributed by atoms with E-state index in [2.05, 4.69) is 30.1 Å². The zero-order chi connectivity index (χ0) is 13.9. The van der Waals surface area contributed by atoms with E-state index < -0.39 is 0 Å². The number of carbonyl (C=O) groups excluding carboxylic acids is 1. The highest BCUT2D eigenvalue weighted by Crippen LogP contribution is 2.27. The van der Waals surface area contributed by atoms with Crippen LogP contribution in [-0.4, -0.2) is 15.8 Å². The average molecular weight is 284 g/mol. The summed E-state index contributed by atoms with van der Waals surface area (Å²) in [6.07, 6.45) is 6.27. The van der Waals surface area contributed by atoms with Crippen LogP contribution in [-0.2, 0) is 6.42 Å². The summed E-state index contributed by atoms with van der Waals surface area (Å²) in [6.45, 7) is 2.20. The Bertz CT molecular complexity index is 742. The van der Waals surface area contributed by atoms with Gasteiger partial charge in [-0.3, -0.25) is 9.36 Å². The third-order valence-electron chi connectivity index (χ3n) is 3.37. The molecule has 4 heteroatoms. The van der Waals surface area contributed by atoms with Crippen LogP contribution >= 0.6 is 11.3 Å². The van der Waals surface area contributed by atoms with E-state index in [-0.39, 0.29) is 0 Å². The van der Waals surface area contributed by atoms with Gasteiger partial charge in [-0.2, -0.15) is 0 Å². The molecule has 0 saturated carbocycles. The van der Waals surface area contributed by atoms with Gasteiger partial charge < -0.3 is 0 Å². The normalized spacial score (nSPS) is 11.1. The Morgan fingerprint density at radius 2 is 2.25 bits per heavy atom. The monoisotopic (exact) mass is 284 g/mol. The number of rotatable bonds is 5. The van der Waals surface area contributed by atoms with E-state index in [1.165, 1.54) is 23.1 Å². The van der Waals surface area contributed by atoms with Gasteiger partial charge in [0.15, 0.2) is 11.4 Å². The van der Waals surface area contributed by atoms with Crippen LogP contribution in [0.5, 0.6) is 0 Å². The molecule has 0 aliphatic carbocycles. The van der Waals surface area contributed by atoms with Gasteiger partial charge in [-0.25, -0.2) is 4.98 Å². The number of nitrogens with zero attached hydrogens (tertiary/aromatic N) is 2. The van der Waals surface area contributed by atoms with Gasteiger partial charge in [0.05, 0.1) is 15.9 Å². The molecular weight excluding hydrogens is 268 g/mol. The molecule has 1 aromatic carbocycles. The highest BCUT2D eigenvalue weighted by atomic mass is 32.1. The van der Waals surface area contributed by atoms with E-state index in [0.29, 0.717) is 5.69 Å². The van der Waals surface area contributed by atoms with Crippen molar-refractivity contribution < 1.29 is 4.79 Å². The summed E-state index contributed by atoms with van der Waals surface area (Å²) >= 11 is 1.63. The summed E-state index contributed by atoms with van der Waals surface area (Å²) in [5, 5.41) is 0.847. The van der Waals surface area contributed by atoms with E-state index in [0.717, 1.165) is 23.4 Å². The summed E-state index contributed by atoms with van der Waals surface area (Å²) in [5.41, 5.74) is 2.99. The van der Waals surface area contributed by atoms with E-state index >= 15 is 0 Å². The lowest BCUT2D eigenvalue weighted by Gasteiger charge is -1.98. The molecule has 3 rings (SSSR count). The number of aromatic nitrogens is 2. The molecular formula is C16H16N2OS. The van der Waals surface area contributed by atoms with Crippen LogP contribution in [0.15, 0.2) is 36.5 Å². The smallest absolute Gasteiger partial charge is 0.195 e. The van der Waals surface area contributed by atoms with Gasteiger partial charge in [0, 0.05) is 6.20 Å². The summed E-state index contributed by atoms with van der Waals surface area (Å²) in [4.78, 5) is 15.6. The predicted molar refractivity (Wildman–Crippen MR) is 82.9 cm³/mol. The quantitative estimate of drug-likeness (QED) is 0.657. The number of thiazole rings is 1. The zero-order valence-electron chi connectivity index (χ0n) is 11.4. The fourth-order valence-electron chi connectivity index (χ4n) is 2.26. The summed E-state index contributed by atoms with van der Waals surface area (Å²) < 4.78 is 3.02. The van der Waals surface area contributed by atoms with Crippen molar-refractivity contribution in [3.8, 4) is 5.13 Å². The topological polar surface area (TPSA) is 34.9 Å². The van der Waals surface area contributed by atoms with Crippen molar-refractivity contribution in [1.29, 1.82) is 0 Å². The van der Waals surface area contributed by atoms with Crippen molar-refractivity contribution in [3.63, 3.8) is 0 Å². The molecule has 0 atom stereocenters. The Morgan fingerprint density at radius 1 is 1.35 bits per heavy atom. The van der Waals surface area contributed by atoms with Crippen molar-refractivity contribution in [2.45, 2.75) is 26.2 Å². The second-order valence-electron chi connectivity index (χ2n) is 4.82. The maximum absolute atomic E-state index is 11.0. The van der Waals surface area contributed by atoms with Crippen LogP contribution in [0, 0.1) is 0 Å². The number of carbonyl (C=O) groups is 1. The number of aldehydes is 1. The van der Waals surface area contributed by atoms with Gasteiger partial charge in [0.25, 0.3) is 0 Å². The maximum atomic E-state index is 11.0. The molecule has 0 amide bonds. The van der Waals surface area contributed by atoms with Crippen molar-refractivity contribution in [3.05, 3.63) is 47.8 Å². The van der Waals surface area contributed by atoms with Crippen LogP contribution in [0.1, 0.15) is 35.8 Å². The number of hydrogen-bond donors (Lipinski definition) is 0. The highest BCUT2D eigenvalue weighted by Gasteiger charge is 2.09. The van der Waals surface area contributed by atoms with E-state index in [9.17, 15) is 4.79 Å². The minimum Gasteiger partial charge on any atom is -0.296 e. The van der Waals surface area contributed by atoms with Gasteiger partial charge in [-0.1, -0.05) is 30.7 Å². The van der Waals surface area contributed by atoms with Crippen LogP contribution in [0.2, 0.25) is 0 Å². The first kappa shape index (κ1) is 13.1. The summed E-state index contributed by atoms with van der Waals surface area (Å²) in [5.74, 6) is 0. The predicted octanol–water partition coefficient (Wildman–Crippen LogP) is 4.24. The highest BCUT2D eigenvalue weighted by molar-refractivity contribution is 7.20. The molecule has 0 saturated heterocycles. The molecule has 0 N–H and O–H groups in total. The molecule has 0 radical (unpaired) electrons. The van der Waals surface area contributed by atoms with Gasteiger partial charge in [-0.15, -0.1) is 0 Å². The van der Waals surface area contributed by atoms with Gasteiger partial charge in [0.1, 0.15) is 0 Å². The molecule has 0 fully saturated rings. The summed E-state index contributed by atoms with van der Waals surface area (Å²) in [6, 6.07) is 10.1. The second-order valence-corrected chi connectivity index (χ2v) is 5.83. The van der Waals surface area contributed by atoms with E-state index in [1.54, 1.807) is 17.4 Å². The van der Waals surface area contributed by atoms with Crippen LogP contribution in [0.3, 0.4) is 0 Å². The number of hydrogen-bond acceptors (Lipinski definition) is 3. The SMILES string of the molecule is CCCCc1ccc2nc(-n3cccc3C=O)sc2c1. The van der Waals surface area contributed by atoms with Gasteiger partial charge in [-0.05, 0) is 42.7 Å². The third kappa shape index (κ3) is 2.39. The molecule has 20 heavy (non-hydrogen) atoms. The molecule has 0 spiro atoms. The third-order valence-corrected chi connectivity index (χ3v) is 4.39. The van der Waals surface area contributed by atoms with Crippen molar-refractivity contribution >= 4 is 27.8 Å². The first-order valence-electron chi connectivity index (χ1n) is 6.84. The fraction of sp³-hybridized carbons (Fsp3) is 0.250. The molecule has 0 aliphatic heterocycles. The van der Waals surface area contributed by atoms with Gasteiger partial charge >= 0.3 is 0 Å². The fourth-order valence-corrected chi connectivity index (χ4v) is 3.29. The largest absolute Gasteiger partial charge is 0.296 e. The minimum atomic E-state index is 0.635. The lowest BCUT2D eigenvalue weighted by molar-refractivity contribution is 0.111. The number of benzene rings is 1. The number of unbranched alkanes of at least 4 members (excludes halogenated alkanes) is 1. The lowest BCUT2D eigenvalue weighted by Crippen LogP contribution is -1.95. The molecule has 0 bridgehead atoms. The Morgan fingerprint density at radius 3 is 3.05 bits per heavy atom. The molecule has 102 valence electrons. The second kappa shape index (κ2) is 5.59. The Kier molecular flexibility index (Phi) is 3.65. The Labute approximate surface area is 121 Å². The van der Waals surface area contributed by atoms with Crippen LogP contribution in [0.25, 0.3) is 15.3 Å². The van der Waals surface area contributed by atoms with E-state index in [4.69, 9.17) is 0 Å². The average Bonchev–Trinajstić information content (AvgIpc) is 3.09. The lowest BCUT2D eigenvalue weighted by atomic mass is 10.1. The van der Waals surface area contributed by atoms with Crippen molar-refractivity contribution in [1.82, 2.24) is 9.55 Å². The van der Waals surface area contributed by atoms with Gasteiger partial charge in [0.2, 0.25) is 0 Å². The van der Waals surface area contributed by atoms with Crippen molar-refractivity contribution in [2.24, 2.45) is 0 Å². The van der Waals surface area contributed by atoms with Crippen LogP contribution in [0.4, 0.5) is 0 Å². The Hall–Kier alpha value is -1.94. The first-order valence-corrected chi connectivity index (χ1v) is 7.66. The first-order chi connectivity index (χ1) is 9.81. The van der Waals surface area contributed by atoms with Crippen LogP contribution < -0.4 is 0 Å². The molecule has 2 aromatic heterocycles. The standard InChI is InChI=1S/C16H16N2OS/c1-2-3-5-12-7-8-14-15(10-12)20-16(17-14)18-9-4-6-13(18)11-19/h4,6-11H,2-3,5H2,1H3. The maximum Gasteiger partial charge on any atom is 0.195 e. The molecule has 2 heterocycles. The van der Waals surface area contributed by atoms with E-state index in [1.807, 2.05) is 16.8 Å². The number of fused-ring (bicyclic) bond motifs is 1.